The van der Waals surface area contributed by atoms with E-state index in [2.05, 4.69) is 35.3 Å². The molecule has 0 spiro atoms. The van der Waals surface area contributed by atoms with E-state index in [4.69, 9.17) is 20.7 Å². The summed E-state index contributed by atoms with van der Waals surface area (Å²) in [6, 6.07) is 20.3. The number of nitrogen functional groups attached to an aromatic ring is 1. The van der Waals surface area contributed by atoms with Crippen LogP contribution in [0.4, 0.5) is 5.69 Å². The fourth-order valence-electron chi connectivity index (χ4n) is 3.85. The van der Waals surface area contributed by atoms with E-state index in [1.807, 2.05) is 36.5 Å². The van der Waals surface area contributed by atoms with Crippen LogP contribution < -0.4 is 15.6 Å². The largest absolute Gasteiger partial charge is 0.492 e. The van der Waals surface area contributed by atoms with Crippen LogP contribution in [0.5, 0.6) is 5.75 Å². The normalized spacial score (nSPS) is 12.2. The van der Waals surface area contributed by atoms with E-state index in [9.17, 15) is 0 Å². The summed E-state index contributed by atoms with van der Waals surface area (Å²) in [5.74, 6) is 0.940. The van der Waals surface area contributed by atoms with E-state index in [1.54, 1.807) is 0 Å². The lowest BCUT2D eigenvalue weighted by Crippen LogP contribution is -1.90. The van der Waals surface area contributed by atoms with E-state index in [1.165, 1.54) is 34.0 Å². The van der Waals surface area contributed by atoms with Crippen molar-refractivity contribution >= 4 is 28.5 Å². The van der Waals surface area contributed by atoms with Crippen LogP contribution in [0, 0.1) is 0 Å². The number of ether oxygens (including phenoxy) is 1. The Bertz CT molecular complexity index is 1170. The van der Waals surface area contributed by atoms with Crippen LogP contribution >= 0.6 is 11.9 Å². The quantitative estimate of drug-likeness (QED) is 0.264. The van der Waals surface area contributed by atoms with Crippen molar-refractivity contribution < 1.29 is 9.84 Å². The Kier molecular flexibility index (Phi) is 6.82. The highest BCUT2D eigenvalue weighted by Crippen LogP contribution is 2.38. The molecule has 0 saturated heterocycles. The lowest BCUT2D eigenvalue weighted by Gasteiger charge is -2.09. The van der Waals surface area contributed by atoms with Crippen molar-refractivity contribution in [2.24, 2.45) is 5.14 Å². The summed E-state index contributed by atoms with van der Waals surface area (Å²) in [4.78, 5) is 4.20. The highest BCUT2D eigenvalue weighted by Gasteiger charge is 2.18. The zero-order valence-electron chi connectivity index (χ0n) is 17.3. The first-order valence-corrected chi connectivity index (χ1v) is 11.3. The highest BCUT2D eigenvalue weighted by atomic mass is 32.2. The van der Waals surface area contributed by atoms with E-state index < -0.39 is 0 Å². The Hall–Kier alpha value is -2.93. The Morgan fingerprint density at radius 1 is 1.03 bits per heavy atom. The van der Waals surface area contributed by atoms with Gasteiger partial charge in [0.05, 0.1) is 11.5 Å². The van der Waals surface area contributed by atoms with Crippen molar-refractivity contribution in [2.75, 3.05) is 18.9 Å². The zero-order valence-corrected chi connectivity index (χ0v) is 18.1. The minimum atomic E-state index is 0.263. The van der Waals surface area contributed by atoms with Gasteiger partial charge in [0.1, 0.15) is 5.75 Å². The van der Waals surface area contributed by atoms with E-state index >= 15 is 0 Å². The van der Waals surface area contributed by atoms with Crippen LogP contribution in [0.2, 0.25) is 0 Å². The summed E-state index contributed by atoms with van der Waals surface area (Å²) in [5.41, 5.74) is 12.5. The molecule has 1 aliphatic rings. The van der Waals surface area contributed by atoms with Crippen LogP contribution in [0.25, 0.3) is 22.0 Å². The second-order valence-electron chi connectivity index (χ2n) is 7.49. The van der Waals surface area contributed by atoms with Crippen molar-refractivity contribution in [3.63, 3.8) is 0 Å². The molecule has 0 amide bonds. The number of aliphatic hydroxyl groups is 1. The van der Waals surface area contributed by atoms with Crippen molar-refractivity contribution in [1.82, 2.24) is 4.98 Å². The number of hydrogen-bond acceptors (Lipinski definition) is 5. The van der Waals surface area contributed by atoms with Crippen molar-refractivity contribution in [2.45, 2.75) is 24.2 Å². The maximum atomic E-state index is 8.73. The van der Waals surface area contributed by atoms with Gasteiger partial charge in [0, 0.05) is 35.8 Å². The first-order chi connectivity index (χ1) is 15.2. The van der Waals surface area contributed by atoms with Gasteiger partial charge in [-0.05, 0) is 77.4 Å². The van der Waals surface area contributed by atoms with Crippen LogP contribution in [-0.2, 0) is 12.8 Å². The number of nitrogens with two attached hydrogens (primary N) is 2. The van der Waals surface area contributed by atoms with E-state index in [-0.39, 0.29) is 6.61 Å². The van der Waals surface area contributed by atoms with Gasteiger partial charge in [-0.1, -0.05) is 30.3 Å². The second-order valence-corrected chi connectivity index (χ2v) is 8.17. The van der Waals surface area contributed by atoms with Gasteiger partial charge in [0.2, 0.25) is 0 Å². The molecule has 0 bridgehead atoms. The van der Waals surface area contributed by atoms with Gasteiger partial charge in [-0.3, -0.25) is 5.14 Å². The molecule has 0 fully saturated rings. The number of aryl methyl sites for hydroxylation is 1. The molecule has 4 aromatic rings. The molecule has 1 aliphatic heterocycles. The molecule has 0 radical (unpaired) electrons. The minimum absolute atomic E-state index is 0.263. The predicted octanol–water partition coefficient (Wildman–Crippen LogP) is 4.93. The molecule has 6 N–H and O–H groups in total. The molecule has 1 aromatic heterocycles. The first-order valence-electron chi connectivity index (χ1n) is 10.4. The van der Waals surface area contributed by atoms with E-state index in [0.717, 1.165) is 53.3 Å². The topological polar surface area (TPSA) is 97.3 Å². The Labute approximate surface area is 186 Å². The van der Waals surface area contributed by atoms with Gasteiger partial charge in [0.25, 0.3) is 0 Å². The van der Waals surface area contributed by atoms with Crippen LogP contribution in [0.3, 0.4) is 0 Å². The number of para-hydroxylation sites is 1. The average Bonchev–Trinajstić information content (AvgIpc) is 3.44. The van der Waals surface area contributed by atoms with Crippen molar-refractivity contribution in [1.29, 1.82) is 0 Å². The smallest absolute Gasteiger partial charge is 0.137 e. The third kappa shape index (κ3) is 4.88. The molecule has 160 valence electrons. The standard InChI is InChI=1S/C14H14N2OS.C11H13NO/c15-12-3-1-2-9(7-12)11-6-10-4-5-17-14(10)13(8-11)18-16;13-7-3-4-9-8-12-11-6-2-1-5-10(9)11/h1-3,6-8H,4-5,15-16H2;1-2,5-6,8,12-13H,3-4,7H2. The van der Waals surface area contributed by atoms with Gasteiger partial charge in [-0.15, -0.1) is 0 Å². The summed E-state index contributed by atoms with van der Waals surface area (Å²) < 4.78 is 5.61. The average molecular weight is 434 g/mol. The number of rotatable bonds is 5. The van der Waals surface area contributed by atoms with Gasteiger partial charge in [0.15, 0.2) is 0 Å². The number of H-pyrrole nitrogens is 1. The predicted molar refractivity (Wildman–Crippen MR) is 129 cm³/mol. The SMILES string of the molecule is NSc1cc(-c2cccc(N)c2)cc2c1OCC2.OCCCc1c[nH]c2ccccc12. The maximum absolute atomic E-state index is 8.73. The fourth-order valence-corrected chi connectivity index (χ4v) is 4.34. The second kappa shape index (κ2) is 9.92. The van der Waals surface area contributed by atoms with Gasteiger partial charge in [-0.2, -0.15) is 0 Å². The molecule has 0 saturated carbocycles. The van der Waals surface area contributed by atoms with Gasteiger partial charge < -0.3 is 20.6 Å². The molecule has 2 heterocycles. The first kappa shape index (κ1) is 21.3. The molecular weight excluding hydrogens is 406 g/mol. The Morgan fingerprint density at radius 3 is 2.71 bits per heavy atom. The number of hydrogen-bond donors (Lipinski definition) is 4. The number of aliphatic hydroxyl groups excluding tert-OH is 1. The molecule has 5 nitrogen and oxygen atoms in total. The number of fused-ring (bicyclic) bond motifs is 2. The van der Waals surface area contributed by atoms with E-state index in [0.29, 0.717) is 0 Å². The third-order valence-corrected chi connectivity index (χ3v) is 5.93. The van der Waals surface area contributed by atoms with Crippen LogP contribution in [-0.4, -0.2) is 23.3 Å². The molecule has 0 atom stereocenters. The van der Waals surface area contributed by atoms with Crippen LogP contribution in [0.15, 0.2) is 71.8 Å². The summed E-state index contributed by atoms with van der Waals surface area (Å²) in [6.45, 7) is 1.00. The summed E-state index contributed by atoms with van der Waals surface area (Å²) in [6.07, 6.45) is 4.75. The monoisotopic (exact) mass is 433 g/mol. The van der Waals surface area contributed by atoms with Crippen molar-refractivity contribution in [3.8, 4) is 16.9 Å². The maximum Gasteiger partial charge on any atom is 0.137 e. The molecule has 0 aliphatic carbocycles. The molecule has 6 heteroatoms. The zero-order chi connectivity index (χ0) is 21.6. The number of benzene rings is 3. The van der Waals surface area contributed by atoms with Crippen LogP contribution in [0.1, 0.15) is 17.5 Å². The number of anilines is 1. The summed E-state index contributed by atoms with van der Waals surface area (Å²) in [5, 5.41) is 15.7. The third-order valence-electron chi connectivity index (χ3n) is 5.38. The molecular formula is C25H27N3O2S. The lowest BCUT2D eigenvalue weighted by molar-refractivity contribution is 0.289. The fraction of sp³-hybridized carbons (Fsp3) is 0.200. The summed E-state index contributed by atoms with van der Waals surface area (Å²) in [7, 11) is 0. The van der Waals surface area contributed by atoms with Crippen molar-refractivity contribution in [3.05, 3.63) is 78.0 Å². The Balaban J connectivity index is 0.000000158. The minimum Gasteiger partial charge on any atom is -0.492 e. The molecule has 31 heavy (non-hydrogen) atoms. The molecule has 5 rings (SSSR count). The Morgan fingerprint density at radius 2 is 1.90 bits per heavy atom. The number of nitrogens with one attached hydrogen (secondary N) is 1. The number of aromatic amines is 1. The van der Waals surface area contributed by atoms with Gasteiger partial charge >= 0.3 is 0 Å². The lowest BCUT2D eigenvalue weighted by atomic mass is 10.0. The highest BCUT2D eigenvalue weighted by molar-refractivity contribution is 7.97. The number of aromatic nitrogens is 1. The molecule has 3 aromatic carbocycles. The summed E-state index contributed by atoms with van der Waals surface area (Å²) >= 11 is 1.23. The molecule has 0 unspecified atom stereocenters. The van der Waals surface area contributed by atoms with Gasteiger partial charge in [-0.25, -0.2) is 0 Å².